The second-order valence-electron chi connectivity index (χ2n) is 7.04. The number of aromatic nitrogens is 3. The first kappa shape index (κ1) is 21.9. The maximum absolute atomic E-state index is 10.6. The van der Waals surface area contributed by atoms with Crippen LogP contribution in [0.2, 0.25) is 0 Å². The molecule has 0 aliphatic heterocycles. The summed E-state index contributed by atoms with van der Waals surface area (Å²) in [6, 6.07) is 25.2. The Labute approximate surface area is 191 Å². The van der Waals surface area contributed by atoms with Crippen molar-refractivity contribution in [2.24, 2.45) is 0 Å². The maximum Gasteiger partial charge on any atom is 0.196 e. The van der Waals surface area contributed by atoms with E-state index < -0.39 is 6.10 Å². The molecule has 0 aliphatic carbocycles. The predicted octanol–water partition coefficient (Wildman–Crippen LogP) is 5.17. The van der Waals surface area contributed by atoms with E-state index in [0.29, 0.717) is 23.3 Å². The average Bonchev–Trinajstić information content (AvgIpc) is 3.28. The van der Waals surface area contributed by atoms with Crippen LogP contribution in [-0.4, -0.2) is 39.3 Å². The fraction of sp³-hybridized carbons (Fsp3) is 0.200. The summed E-state index contributed by atoms with van der Waals surface area (Å²) in [6.07, 6.45) is -0.605. The molecule has 0 spiro atoms. The van der Waals surface area contributed by atoms with Crippen LogP contribution in [-0.2, 0) is 0 Å². The molecule has 0 amide bonds. The maximum atomic E-state index is 10.6. The van der Waals surface area contributed by atoms with Gasteiger partial charge in [0.05, 0.1) is 19.8 Å². The quantitative estimate of drug-likeness (QED) is 0.357. The van der Waals surface area contributed by atoms with Gasteiger partial charge in [-0.25, -0.2) is 0 Å². The van der Waals surface area contributed by atoms with Gasteiger partial charge < -0.3 is 14.6 Å². The van der Waals surface area contributed by atoms with Crippen molar-refractivity contribution in [3.05, 3.63) is 84.4 Å². The topological polar surface area (TPSA) is 69.4 Å². The first-order valence-corrected chi connectivity index (χ1v) is 11.4. The van der Waals surface area contributed by atoms with Crippen molar-refractivity contribution in [1.29, 1.82) is 0 Å². The van der Waals surface area contributed by atoms with Gasteiger partial charge in [-0.3, -0.25) is 4.57 Å². The van der Waals surface area contributed by atoms with E-state index in [1.54, 1.807) is 7.11 Å². The summed E-state index contributed by atoms with van der Waals surface area (Å²) in [6.45, 7) is 2.57. The first-order chi connectivity index (χ1) is 15.7. The lowest BCUT2D eigenvalue weighted by atomic mass is 10.1. The molecule has 0 saturated carbocycles. The third kappa shape index (κ3) is 4.95. The smallest absolute Gasteiger partial charge is 0.196 e. The lowest BCUT2D eigenvalue weighted by Gasteiger charge is -2.13. The molecule has 1 N–H and O–H groups in total. The molecular weight excluding hydrogens is 422 g/mol. The number of hydrogen-bond acceptors (Lipinski definition) is 6. The van der Waals surface area contributed by atoms with E-state index in [9.17, 15) is 5.11 Å². The number of ether oxygens (including phenoxy) is 2. The molecule has 1 heterocycles. The zero-order valence-corrected chi connectivity index (χ0v) is 18.8. The second kappa shape index (κ2) is 10.3. The number of methoxy groups -OCH3 is 1. The van der Waals surface area contributed by atoms with Crippen LogP contribution in [0.15, 0.2) is 84.0 Å². The Balaban J connectivity index is 1.68. The van der Waals surface area contributed by atoms with Crippen LogP contribution in [0.3, 0.4) is 0 Å². The number of nitrogens with zero attached hydrogens (tertiary/aromatic N) is 3. The molecular formula is C25H25N3O3S. The van der Waals surface area contributed by atoms with Crippen LogP contribution in [0.4, 0.5) is 0 Å². The summed E-state index contributed by atoms with van der Waals surface area (Å²) < 4.78 is 13.0. The van der Waals surface area contributed by atoms with Gasteiger partial charge in [0.2, 0.25) is 0 Å². The minimum Gasteiger partial charge on any atom is -0.497 e. The minimum atomic E-state index is -0.605. The summed E-state index contributed by atoms with van der Waals surface area (Å²) in [5, 5.41) is 20.2. The highest BCUT2D eigenvalue weighted by molar-refractivity contribution is 7.99. The first-order valence-electron chi connectivity index (χ1n) is 10.4. The van der Waals surface area contributed by atoms with Crippen LogP contribution < -0.4 is 9.47 Å². The van der Waals surface area contributed by atoms with E-state index >= 15 is 0 Å². The van der Waals surface area contributed by atoms with Gasteiger partial charge in [0, 0.05) is 17.0 Å². The monoisotopic (exact) mass is 447 g/mol. The van der Waals surface area contributed by atoms with Crippen LogP contribution in [0.5, 0.6) is 11.5 Å². The SMILES string of the molecule is CCOc1ccc(-n2c(SC[C@@H](O)c3ccccc3)nnc2-c2cccc(OC)c2)cc1. The van der Waals surface area contributed by atoms with E-state index in [1.807, 2.05) is 90.4 Å². The zero-order chi connectivity index (χ0) is 22.3. The van der Waals surface area contributed by atoms with Crippen molar-refractivity contribution < 1.29 is 14.6 Å². The van der Waals surface area contributed by atoms with Gasteiger partial charge >= 0.3 is 0 Å². The van der Waals surface area contributed by atoms with E-state index in [0.717, 1.165) is 28.3 Å². The Hall–Kier alpha value is -3.29. The van der Waals surface area contributed by atoms with Crippen molar-refractivity contribution in [3.8, 4) is 28.6 Å². The van der Waals surface area contributed by atoms with Gasteiger partial charge in [-0.05, 0) is 48.9 Å². The Morgan fingerprint density at radius 3 is 2.44 bits per heavy atom. The second-order valence-corrected chi connectivity index (χ2v) is 8.03. The molecule has 32 heavy (non-hydrogen) atoms. The lowest BCUT2D eigenvalue weighted by molar-refractivity contribution is 0.204. The Morgan fingerprint density at radius 1 is 0.938 bits per heavy atom. The van der Waals surface area contributed by atoms with Gasteiger partial charge in [-0.15, -0.1) is 10.2 Å². The number of rotatable bonds is 9. The van der Waals surface area contributed by atoms with Crippen molar-refractivity contribution in [2.75, 3.05) is 19.5 Å². The molecule has 0 aliphatic rings. The van der Waals surface area contributed by atoms with E-state index in [-0.39, 0.29) is 0 Å². The lowest BCUT2D eigenvalue weighted by Crippen LogP contribution is -2.04. The van der Waals surface area contributed by atoms with Crippen molar-refractivity contribution in [1.82, 2.24) is 14.8 Å². The van der Waals surface area contributed by atoms with Crippen LogP contribution in [0, 0.1) is 0 Å². The van der Waals surface area contributed by atoms with Gasteiger partial charge in [0.1, 0.15) is 11.5 Å². The van der Waals surface area contributed by atoms with Crippen molar-refractivity contribution in [2.45, 2.75) is 18.2 Å². The molecule has 4 rings (SSSR count). The third-order valence-electron chi connectivity index (χ3n) is 4.92. The Bertz CT molecular complexity index is 1150. The molecule has 7 heteroatoms. The summed E-state index contributed by atoms with van der Waals surface area (Å²) in [5.74, 6) is 2.71. The number of aliphatic hydroxyl groups excluding tert-OH is 1. The summed E-state index contributed by atoms with van der Waals surface area (Å²) in [4.78, 5) is 0. The third-order valence-corrected chi connectivity index (χ3v) is 5.93. The van der Waals surface area contributed by atoms with Gasteiger partial charge in [0.25, 0.3) is 0 Å². The average molecular weight is 448 g/mol. The Morgan fingerprint density at radius 2 is 1.72 bits per heavy atom. The summed E-state index contributed by atoms with van der Waals surface area (Å²) in [5.41, 5.74) is 2.68. The zero-order valence-electron chi connectivity index (χ0n) is 18.0. The molecule has 0 unspecified atom stereocenters. The largest absolute Gasteiger partial charge is 0.497 e. The van der Waals surface area contributed by atoms with E-state index in [2.05, 4.69) is 10.2 Å². The molecule has 164 valence electrons. The van der Waals surface area contributed by atoms with Crippen molar-refractivity contribution in [3.63, 3.8) is 0 Å². The molecule has 4 aromatic rings. The summed E-state index contributed by atoms with van der Waals surface area (Å²) >= 11 is 1.46. The predicted molar refractivity (Wildman–Crippen MR) is 127 cm³/mol. The minimum absolute atomic E-state index is 0.456. The molecule has 0 bridgehead atoms. The highest BCUT2D eigenvalue weighted by atomic mass is 32.2. The molecule has 0 fully saturated rings. The summed E-state index contributed by atoms with van der Waals surface area (Å²) in [7, 11) is 1.64. The van der Waals surface area contributed by atoms with Gasteiger partial charge in [0.15, 0.2) is 11.0 Å². The van der Waals surface area contributed by atoms with E-state index in [4.69, 9.17) is 9.47 Å². The van der Waals surface area contributed by atoms with Crippen LogP contribution in [0.1, 0.15) is 18.6 Å². The van der Waals surface area contributed by atoms with Gasteiger partial charge in [-0.1, -0.05) is 54.2 Å². The highest BCUT2D eigenvalue weighted by Crippen LogP contribution is 2.32. The molecule has 0 saturated heterocycles. The molecule has 1 atom stereocenters. The molecule has 0 radical (unpaired) electrons. The highest BCUT2D eigenvalue weighted by Gasteiger charge is 2.18. The molecule has 6 nitrogen and oxygen atoms in total. The number of aliphatic hydroxyl groups is 1. The Kier molecular flexibility index (Phi) is 7.09. The van der Waals surface area contributed by atoms with Crippen LogP contribution in [0.25, 0.3) is 17.1 Å². The normalized spacial score (nSPS) is 11.8. The molecule has 1 aromatic heterocycles. The molecule has 3 aromatic carbocycles. The van der Waals surface area contributed by atoms with Gasteiger partial charge in [-0.2, -0.15) is 0 Å². The van der Waals surface area contributed by atoms with E-state index in [1.165, 1.54) is 11.8 Å². The number of benzene rings is 3. The van der Waals surface area contributed by atoms with Crippen LogP contribution >= 0.6 is 11.8 Å². The van der Waals surface area contributed by atoms with Crippen molar-refractivity contribution >= 4 is 11.8 Å². The standard InChI is InChI=1S/C25H25N3O3S/c1-3-31-21-14-12-20(13-15-21)28-24(19-10-7-11-22(16-19)30-2)26-27-25(28)32-17-23(29)18-8-5-4-6-9-18/h4-16,23,29H,3,17H2,1-2H3/t23-/m1/s1. The fourth-order valence-corrected chi connectivity index (χ4v) is 4.25. The number of hydrogen-bond donors (Lipinski definition) is 1. The fourth-order valence-electron chi connectivity index (χ4n) is 3.33. The number of thioether (sulfide) groups is 1.